The first-order valence-corrected chi connectivity index (χ1v) is 4.35. The molecule has 0 heteroatoms. The van der Waals surface area contributed by atoms with Crippen LogP contribution in [0.2, 0.25) is 0 Å². The van der Waals surface area contributed by atoms with Crippen LogP contribution >= 0.6 is 0 Å². The molecule has 1 aromatic rings. The topological polar surface area (TPSA) is 0 Å². The van der Waals surface area contributed by atoms with E-state index in [0.29, 0.717) is 0 Å². The minimum absolute atomic E-state index is 1.22. The summed E-state index contributed by atoms with van der Waals surface area (Å²) in [5.41, 5.74) is 2.51. The van der Waals surface area contributed by atoms with E-state index in [4.69, 9.17) is 0 Å². The van der Waals surface area contributed by atoms with Crippen molar-refractivity contribution in [1.29, 1.82) is 0 Å². The average Bonchev–Trinajstić information content (AvgIpc) is 2.15. The number of hydrogen-bond acceptors (Lipinski definition) is 0. The fourth-order valence-corrected chi connectivity index (χ4v) is 0.987. The molecule has 13 heavy (non-hydrogen) atoms. The number of aryl methyl sites for hydroxylation is 1. The summed E-state index contributed by atoms with van der Waals surface area (Å²) in [5, 5.41) is 0. The molecule has 0 radical (unpaired) electrons. The lowest BCUT2D eigenvalue weighted by atomic mass is 10.1. The van der Waals surface area contributed by atoms with Gasteiger partial charge in [0.05, 0.1) is 0 Å². The molecule has 0 aliphatic carbocycles. The second kappa shape index (κ2) is 5.15. The summed E-state index contributed by atoms with van der Waals surface area (Å²) in [7, 11) is 0. The molecule has 0 saturated carbocycles. The standard InChI is InChI=1S/C13H14/c1-3-4-5-6-7-13-10-8-12(2)9-11-13/h3-11H,1H2,2H3/b5-4-,7-6?. The van der Waals surface area contributed by atoms with E-state index in [1.54, 1.807) is 6.08 Å². The Kier molecular flexibility index (Phi) is 3.77. The van der Waals surface area contributed by atoms with Crippen molar-refractivity contribution in [3.8, 4) is 0 Å². The first kappa shape index (κ1) is 9.53. The smallest absolute Gasteiger partial charge is 0.0256 e. The van der Waals surface area contributed by atoms with Gasteiger partial charge in [-0.25, -0.2) is 0 Å². The van der Waals surface area contributed by atoms with E-state index >= 15 is 0 Å². The van der Waals surface area contributed by atoms with Crippen molar-refractivity contribution < 1.29 is 0 Å². The molecule has 1 aromatic carbocycles. The molecule has 0 heterocycles. The predicted molar refractivity (Wildman–Crippen MR) is 59.6 cm³/mol. The van der Waals surface area contributed by atoms with Crippen LogP contribution in [0.5, 0.6) is 0 Å². The van der Waals surface area contributed by atoms with Crippen LogP contribution in [0.15, 0.2) is 55.1 Å². The molecule has 0 atom stereocenters. The Balaban J connectivity index is 2.64. The van der Waals surface area contributed by atoms with Crippen LogP contribution in [0, 0.1) is 6.92 Å². The molecule has 0 aliphatic rings. The molecule has 0 aliphatic heterocycles. The Morgan fingerprint density at radius 2 is 1.69 bits per heavy atom. The third-order valence-electron chi connectivity index (χ3n) is 1.72. The zero-order valence-electron chi connectivity index (χ0n) is 7.90. The molecule has 0 bridgehead atoms. The van der Waals surface area contributed by atoms with Crippen molar-refractivity contribution in [3.63, 3.8) is 0 Å². The number of benzene rings is 1. The highest BCUT2D eigenvalue weighted by Gasteiger charge is 1.83. The van der Waals surface area contributed by atoms with Gasteiger partial charge in [-0.1, -0.05) is 66.8 Å². The molecule has 0 N–H and O–H groups in total. The predicted octanol–water partition coefficient (Wildman–Crippen LogP) is 3.75. The molecule has 0 spiro atoms. The van der Waals surface area contributed by atoms with Crippen LogP contribution in [0.25, 0.3) is 6.08 Å². The van der Waals surface area contributed by atoms with E-state index < -0.39 is 0 Å². The lowest BCUT2D eigenvalue weighted by molar-refractivity contribution is 1.46. The second-order valence-corrected chi connectivity index (χ2v) is 2.89. The summed E-state index contributed by atoms with van der Waals surface area (Å²) >= 11 is 0. The van der Waals surface area contributed by atoms with Crippen molar-refractivity contribution in [2.24, 2.45) is 0 Å². The fourth-order valence-electron chi connectivity index (χ4n) is 0.987. The van der Waals surface area contributed by atoms with Crippen LogP contribution < -0.4 is 0 Å². The van der Waals surface area contributed by atoms with E-state index in [9.17, 15) is 0 Å². The number of allylic oxidation sites excluding steroid dienone is 4. The van der Waals surface area contributed by atoms with Gasteiger partial charge in [0.1, 0.15) is 0 Å². The summed E-state index contributed by atoms with van der Waals surface area (Å²) in [5.74, 6) is 0. The highest BCUT2D eigenvalue weighted by molar-refractivity contribution is 5.51. The maximum Gasteiger partial charge on any atom is -0.0256 e. The van der Waals surface area contributed by atoms with Gasteiger partial charge < -0.3 is 0 Å². The van der Waals surface area contributed by atoms with Gasteiger partial charge in [0.15, 0.2) is 0 Å². The zero-order chi connectivity index (χ0) is 9.52. The first-order chi connectivity index (χ1) is 6.33. The average molecular weight is 170 g/mol. The monoisotopic (exact) mass is 170 g/mol. The minimum atomic E-state index is 1.22. The summed E-state index contributed by atoms with van der Waals surface area (Å²) in [6, 6.07) is 8.43. The molecule has 66 valence electrons. The van der Waals surface area contributed by atoms with Crippen LogP contribution in [0.1, 0.15) is 11.1 Å². The second-order valence-electron chi connectivity index (χ2n) is 2.89. The van der Waals surface area contributed by atoms with Gasteiger partial charge >= 0.3 is 0 Å². The van der Waals surface area contributed by atoms with Crippen LogP contribution in [0.4, 0.5) is 0 Å². The van der Waals surface area contributed by atoms with Crippen molar-refractivity contribution in [1.82, 2.24) is 0 Å². The molecular formula is C13H14. The lowest BCUT2D eigenvalue weighted by Crippen LogP contribution is -1.72. The minimum Gasteiger partial charge on any atom is -0.0991 e. The van der Waals surface area contributed by atoms with E-state index in [2.05, 4.69) is 43.8 Å². The largest absolute Gasteiger partial charge is 0.0991 e. The van der Waals surface area contributed by atoms with Gasteiger partial charge in [-0.15, -0.1) is 0 Å². The molecule has 1 rings (SSSR count). The molecule has 0 nitrogen and oxygen atoms in total. The number of hydrogen-bond donors (Lipinski definition) is 0. The summed E-state index contributed by atoms with van der Waals surface area (Å²) in [6.07, 6.45) is 9.71. The molecule has 0 saturated heterocycles. The Morgan fingerprint density at radius 3 is 2.31 bits per heavy atom. The first-order valence-electron chi connectivity index (χ1n) is 4.35. The normalized spacial score (nSPS) is 11.2. The third-order valence-corrected chi connectivity index (χ3v) is 1.72. The Morgan fingerprint density at radius 1 is 1.00 bits per heavy atom. The van der Waals surface area contributed by atoms with Gasteiger partial charge in [0.25, 0.3) is 0 Å². The van der Waals surface area contributed by atoms with Crippen LogP contribution in [-0.2, 0) is 0 Å². The van der Waals surface area contributed by atoms with E-state index in [-0.39, 0.29) is 0 Å². The Bertz CT molecular complexity index is 312. The summed E-state index contributed by atoms with van der Waals surface area (Å²) in [4.78, 5) is 0. The zero-order valence-corrected chi connectivity index (χ0v) is 7.90. The van der Waals surface area contributed by atoms with Gasteiger partial charge in [0.2, 0.25) is 0 Å². The molecule has 0 amide bonds. The Hall–Kier alpha value is -1.56. The molecule has 0 aromatic heterocycles. The van der Waals surface area contributed by atoms with Gasteiger partial charge in [-0.05, 0) is 12.5 Å². The van der Waals surface area contributed by atoms with Gasteiger partial charge in [0, 0.05) is 0 Å². The van der Waals surface area contributed by atoms with Crippen molar-refractivity contribution in [2.45, 2.75) is 6.92 Å². The van der Waals surface area contributed by atoms with Crippen molar-refractivity contribution in [3.05, 3.63) is 66.3 Å². The van der Waals surface area contributed by atoms with Crippen molar-refractivity contribution in [2.75, 3.05) is 0 Å². The quantitative estimate of drug-likeness (QED) is 0.606. The maximum atomic E-state index is 3.60. The number of rotatable bonds is 3. The van der Waals surface area contributed by atoms with Crippen LogP contribution in [0.3, 0.4) is 0 Å². The third kappa shape index (κ3) is 3.57. The Labute approximate surface area is 79.9 Å². The van der Waals surface area contributed by atoms with E-state index in [1.165, 1.54) is 11.1 Å². The van der Waals surface area contributed by atoms with Gasteiger partial charge in [-0.3, -0.25) is 0 Å². The van der Waals surface area contributed by atoms with E-state index in [1.807, 2.05) is 18.2 Å². The van der Waals surface area contributed by atoms with Gasteiger partial charge in [-0.2, -0.15) is 0 Å². The highest BCUT2D eigenvalue weighted by Crippen LogP contribution is 2.04. The lowest BCUT2D eigenvalue weighted by Gasteiger charge is -1.92. The summed E-state index contributed by atoms with van der Waals surface area (Å²) in [6.45, 7) is 5.68. The van der Waals surface area contributed by atoms with Crippen molar-refractivity contribution >= 4 is 6.08 Å². The van der Waals surface area contributed by atoms with Crippen LogP contribution in [-0.4, -0.2) is 0 Å². The molecule has 0 fully saturated rings. The summed E-state index contributed by atoms with van der Waals surface area (Å²) < 4.78 is 0. The molecule has 0 unspecified atom stereocenters. The molecular weight excluding hydrogens is 156 g/mol. The fraction of sp³-hybridized carbons (Fsp3) is 0.0769. The van der Waals surface area contributed by atoms with E-state index in [0.717, 1.165) is 0 Å². The SMILES string of the molecule is C=C/C=C\C=Cc1ccc(C)cc1. The maximum absolute atomic E-state index is 3.60. The highest BCUT2D eigenvalue weighted by atomic mass is 13.9.